The van der Waals surface area contributed by atoms with E-state index < -0.39 is 5.41 Å². The van der Waals surface area contributed by atoms with Crippen LogP contribution in [0.5, 0.6) is 11.5 Å². The van der Waals surface area contributed by atoms with Crippen LogP contribution >= 0.6 is 11.6 Å². The first-order valence-corrected chi connectivity index (χ1v) is 10.6. The second-order valence-electron chi connectivity index (χ2n) is 7.86. The minimum absolute atomic E-state index is 0.0680. The molecular weight excluding hydrogens is 402 g/mol. The highest BCUT2D eigenvalue weighted by Gasteiger charge is 2.43. The maximum absolute atomic E-state index is 12.6. The van der Waals surface area contributed by atoms with E-state index in [9.17, 15) is 4.79 Å². The quantitative estimate of drug-likeness (QED) is 0.736. The molecule has 1 fully saturated rings. The minimum Gasteiger partial charge on any atom is -0.469 e. The van der Waals surface area contributed by atoms with Crippen LogP contribution in [0.3, 0.4) is 0 Å². The summed E-state index contributed by atoms with van der Waals surface area (Å²) in [7, 11) is 1.44. The first-order valence-electron chi connectivity index (χ1n) is 10.2. The maximum Gasteiger partial charge on any atom is 0.313 e. The molecule has 158 valence electrons. The van der Waals surface area contributed by atoms with Crippen molar-refractivity contribution < 1.29 is 14.3 Å². The van der Waals surface area contributed by atoms with Gasteiger partial charge in [0.25, 0.3) is 0 Å². The number of carbonyl (C=O) groups is 1. The molecule has 7 heteroatoms. The highest BCUT2D eigenvalue weighted by molar-refractivity contribution is 6.31. The molecular formula is C23H26ClN3O3. The summed E-state index contributed by atoms with van der Waals surface area (Å²) < 4.78 is 11.3. The number of hydrogen-bond acceptors (Lipinski definition) is 6. The molecule has 2 heterocycles. The lowest BCUT2D eigenvalue weighted by Gasteiger charge is -2.43. The molecule has 30 heavy (non-hydrogen) atoms. The monoisotopic (exact) mass is 427 g/mol. The summed E-state index contributed by atoms with van der Waals surface area (Å²) in [6.07, 6.45) is 0.676. The number of piperazine rings is 1. The molecule has 0 saturated carbocycles. The molecule has 0 radical (unpaired) electrons. The predicted octanol–water partition coefficient (Wildman–Crippen LogP) is 4.39. The summed E-state index contributed by atoms with van der Waals surface area (Å²) in [5.74, 6) is 2.04. The number of para-hydroxylation sites is 1. The Hall–Kier alpha value is -2.57. The Morgan fingerprint density at radius 3 is 2.90 bits per heavy atom. The second-order valence-corrected chi connectivity index (χ2v) is 8.30. The summed E-state index contributed by atoms with van der Waals surface area (Å²) in [6, 6.07) is 13.3. The molecule has 0 spiro atoms. The number of fused-ring (bicyclic) bond motifs is 2. The Morgan fingerprint density at radius 2 is 2.13 bits per heavy atom. The molecule has 2 aliphatic rings. The number of nitrogens with one attached hydrogen (secondary N) is 1. The van der Waals surface area contributed by atoms with Gasteiger partial charge in [-0.1, -0.05) is 30.7 Å². The third-order valence-electron chi connectivity index (χ3n) is 6.13. The highest BCUT2D eigenvalue weighted by atomic mass is 35.5. The summed E-state index contributed by atoms with van der Waals surface area (Å²) in [5, 5.41) is 4.12. The van der Waals surface area contributed by atoms with Crippen molar-refractivity contribution in [3.05, 3.63) is 53.1 Å². The predicted molar refractivity (Wildman–Crippen MR) is 118 cm³/mol. The van der Waals surface area contributed by atoms with Crippen LogP contribution in [-0.4, -0.2) is 49.5 Å². The van der Waals surface area contributed by atoms with E-state index in [2.05, 4.69) is 10.2 Å². The number of benzene rings is 2. The molecule has 0 aliphatic carbocycles. The van der Waals surface area contributed by atoms with Crippen LogP contribution in [0, 0.1) is 5.41 Å². The van der Waals surface area contributed by atoms with E-state index in [1.807, 2.05) is 50.2 Å². The van der Waals surface area contributed by atoms with Crippen LogP contribution in [0.2, 0.25) is 5.02 Å². The number of aliphatic imine (C=N–C) groups is 1. The van der Waals surface area contributed by atoms with Gasteiger partial charge < -0.3 is 19.7 Å². The van der Waals surface area contributed by atoms with Gasteiger partial charge >= 0.3 is 5.97 Å². The van der Waals surface area contributed by atoms with E-state index in [4.69, 9.17) is 26.1 Å². The highest BCUT2D eigenvalue weighted by Crippen LogP contribution is 2.40. The van der Waals surface area contributed by atoms with E-state index in [0.29, 0.717) is 29.4 Å². The lowest BCUT2D eigenvalue weighted by molar-refractivity contribution is -0.154. The van der Waals surface area contributed by atoms with E-state index in [1.165, 1.54) is 7.11 Å². The van der Waals surface area contributed by atoms with Crippen LogP contribution in [0.15, 0.2) is 47.5 Å². The third kappa shape index (κ3) is 3.66. The number of carbonyl (C=O) groups excluding carboxylic acids is 1. The van der Waals surface area contributed by atoms with Crippen LogP contribution in [0.1, 0.15) is 25.8 Å². The van der Waals surface area contributed by atoms with E-state index >= 15 is 0 Å². The molecule has 6 nitrogen and oxygen atoms in total. The van der Waals surface area contributed by atoms with Gasteiger partial charge in [0.1, 0.15) is 17.3 Å². The van der Waals surface area contributed by atoms with Gasteiger partial charge in [0.05, 0.1) is 18.1 Å². The van der Waals surface area contributed by atoms with Crippen LogP contribution < -0.4 is 10.1 Å². The summed E-state index contributed by atoms with van der Waals surface area (Å²) >= 11 is 6.23. The number of amidine groups is 1. The topological polar surface area (TPSA) is 63.2 Å². The van der Waals surface area contributed by atoms with Gasteiger partial charge in [0, 0.05) is 30.7 Å². The summed E-state index contributed by atoms with van der Waals surface area (Å²) in [5.41, 5.74) is 0.979. The molecule has 0 aromatic heterocycles. The lowest BCUT2D eigenvalue weighted by Crippen LogP contribution is -2.60. The fourth-order valence-electron chi connectivity index (χ4n) is 4.07. The fourth-order valence-corrected chi connectivity index (χ4v) is 4.24. The van der Waals surface area contributed by atoms with Crippen LogP contribution in [0.4, 0.5) is 5.69 Å². The Balaban J connectivity index is 1.75. The Kier molecular flexibility index (Phi) is 5.71. The van der Waals surface area contributed by atoms with Crippen LogP contribution in [0.25, 0.3) is 0 Å². The van der Waals surface area contributed by atoms with E-state index in [-0.39, 0.29) is 12.0 Å². The minimum atomic E-state index is -0.629. The number of rotatable bonds is 3. The number of hydrogen-bond donors (Lipinski definition) is 1. The SMILES string of the molecule is CCC(C)(C(=O)OC)C1CN(C2=Nc3cc(Cl)ccc3Oc3ccccc32)CCN1. The number of ether oxygens (including phenoxy) is 2. The molecule has 1 saturated heterocycles. The van der Waals surface area contributed by atoms with E-state index in [0.717, 1.165) is 30.2 Å². The Morgan fingerprint density at radius 1 is 1.33 bits per heavy atom. The Labute approximate surface area is 181 Å². The average Bonchev–Trinajstić information content (AvgIpc) is 2.94. The fraction of sp³-hybridized carbons (Fsp3) is 0.391. The molecule has 2 aliphatic heterocycles. The normalized spacial score (nSPS) is 20.1. The number of esters is 1. The average molecular weight is 428 g/mol. The van der Waals surface area contributed by atoms with Crippen molar-refractivity contribution in [1.29, 1.82) is 0 Å². The van der Waals surface area contributed by atoms with Crippen molar-refractivity contribution in [2.75, 3.05) is 26.7 Å². The second kappa shape index (κ2) is 8.28. The maximum atomic E-state index is 12.6. The lowest BCUT2D eigenvalue weighted by atomic mass is 9.78. The van der Waals surface area contributed by atoms with Gasteiger partial charge in [0.15, 0.2) is 5.75 Å². The Bertz CT molecular complexity index is 993. The van der Waals surface area contributed by atoms with Gasteiger partial charge in [-0.2, -0.15) is 0 Å². The van der Waals surface area contributed by atoms with Crippen LogP contribution in [-0.2, 0) is 9.53 Å². The van der Waals surface area contributed by atoms with Crippen molar-refractivity contribution in [2.24, 2.45) is 10.4 Å². The molecule has 2 aromatic carbocycles. The number of methoxy groups -OCH3 is 1. The largest absolute Gasteiger partial charge is 0.469 e. The van der Waals surface area contributed by atoms with Crippen molar-refractivity contribution >= 4 is 29.1 Å². The smallest absolute Gasteiger partial charge is 0.313 e. The molecule has 2 atom stereocenters. The van der Waals surface area contributed by atoms with Crippen molar-refractivity contribution in [2.45, 2.75) is 26.3 Å². The van der Waals surface area contributed by atoms with Crippen molar-refractivity contribution in [3.63, 3.8) is 0 Å². The number of halogens is 1. The molecule has 2 aromatic rings. The van der Waals surface area contributed by atoms with Crippen molar-refractivity contribution in [3.8, 4) is 11.5 Å². The van der Waals surface area contributed by atoms with Crippen molar-refractivity contribution in [1.82, 2.24) is 10.2 Å². The summed E-state index contributed by atoms with van der Waals surface area (Å²) in [6.45, 7) is 6.11. The van der Waals surface area contributed by atoms with Gasteiger partial charge in [0.2, 0.25) is 0 Å². The number of nitrogens with zero attached hydrogens (tertiary/aromatic N) is 2. The molecule has 0 bridgehead atoms. The molecule has 2 unspecified atom stereocenters. The van der Waals surface area contributed by atoms with E-state index in [1.54, 1.807) is 6.07 Å². The molecule has 1 N–H and O–H groups in total. The van der Waals surface area contributed by atoms with Gasteiger partial charge in [-0.15, -0.1) is 0 Å². The summed E-state index contributed by atoms with van der Waals surface area (Å²) in [4.78, 5) is 19.7. The zero-order chi connectivity index (χ0) is 21.3. The van der Waals surface area contributed by atoms with Gasteiger partial charge in [-0.25, -0.2) is 4.99 Å². The molecule has 0 amide bonds. The third-order valence-corrected chi connectivity index (χ3v) is 6.36. The first kappa shape index (κ1) is 20.7. The van der Waals surface area contributed by atoms with Gasteiger partial charge in [-0.05, 0) is 43.7 Å². The van der Waals surface area contributed by atoms with Gasteiger partial charge in [-0.3, -0.25) is 4.79 Å². The first-order chi connectivity index (χ1) is 14.5. The zero-order valence-electron chi connectivity index (χ0n) is 17.4. The standard InChI is InChI=1S/C23H26ClN3O3/c1-4-23(2,22(28)29-3)20-14-27(12-11-25-20)21-16-7-5-6-8-18(16)30-19-10-9-15(24)13-17(19)26-21/h5-10,13,20,25H,4,11-12,14H2,1-3H3. The zero-order valence-corrected chi connectivity index (χ0v) is 18.2. The molecule has 4 rings (SSSR count).